The van der Waals surface area contributed by atoms with Crippen molar-refractivity contribution in [2.75, 3.05) is 0 Å². The molecule has 4 heteroatoms. The van der Waals surface area contributed by atoms with E-state index in [1.165, 1.54) is 10.4 Å². The van der Waals surface area contributed by atoms with Gasteiger partial charge in [0.15, 0.2) is 0 Å². The number of hydrogen-bond donors (Lipinski definition) is 2. The van der Waals surface area contributed by atoms with Crippen LogP contribution in [0.4, 0.5) is 0 Å². The Bertz CT molecular complexity index is 548. The summed E-state index contributed by atoms with van der Waals surface area (Å²) in [5.41, 5.74) is 2.02. The van der Waals surface area contributed by atoms with E-state index in [0.717, 1.165) is 5.56 Å². The lowest BCUT2D eigenvalue weighted by molar-refractivity contribution is -0.120. The third kappa shape index (κ3) is 3.34. The smallest absolute Gasteiger partial charge is 0.224 e. The van der Waals surface area contributed by atoms with Crippen molar-refractivity contribution in [2.24, 2.45) is 0 Å². The highest BCUT2D eigenvalue weighted by atomic mass is 32.1. The maximum absolute atomic E-state index is 11.7. The van der Waals surface area contributed by atoms with Gasteiger partial charge in [-0.2, -0.15) is 0 Å². The summed E-state index contributed by atoms with van der Waals surface area (Å²) in [7, 11) is 0. The van der Waals surface area contributed by atoms with E-state index in [2.05, 4.69) is 5.32 Å². The first-order chi connectivity index (χ1) is 8.65. The van der Waals surface area contributed by atoms with Crippen molar-refractivity contribution in [1.82, 2.24) is 5.32 Å². The molecular formula is C14H15NO2S. The number of nitrogens with one attached hydrogen (secondary N) is 1. The first-order valence-electron chi connectivity index (χ1n) is 5.73. The zero-order valence-corrected chi connectivity index (χ0v) is 11.0. The highest BCUT2D eigenvalue weighted by molar-refractivity contribution is 7.10. The van der Waals surface area contributed by atoms with E-state index in [0.29, 0.717) is 13.0 Å². The maximum Gasteiger partial charge on any atom is 0.224 e. The normalized spacial score (nSPS) is 10.3. The fraction of sp³-hybridized carbons (Fsp3) is 0.214. The topological polar surface area (TPSA) is 49.3 Å². The molecule has 0 radical (unpaired) electrons. The van der Waals surface area contributed by atoms with Gasteiger partial charge in [-0.3, -0.25) is 4.79 Å². The number of phenolic OH excluding ortho intramolecular Hbond substituents is 1. The first kappa shape index (κ1) is 12.6. The van der Waals surface area contributed by atoms with Gasteiger partial charge in [0.2, 0.25) is 5.91 Å². The summed E-state index contributed by atoms with van der Waals surface area (Å²) in [6.07, 6.45) is 0.290. The summed E-state index contributed by atoms with van der Waals surface area (Å²) < 4.78 is 0. The van der Waals surface area contributed by atoms with Crippen molar-refractivity contribution in [3.63, 3.8) is 0 Å². The van der Waals surface area contributed by atoms with E-state index in [1.54, 1.807) is 29.5 Å². The molecule has 0 saturated heterocycles. The second kappa shape index (κ2) is 5.69. The minimum atomic E-state index is -0.0339. The summed E-state index contributed by atoms with van der Waals surface area (Å²) >= 11 is 1.65. The fourth-order valence-corrected chi connectivity index (χ4v) is 2.52. The third-order valence-corrected chi connectivity index (χ3v) is 3.71. The average Bonchev–Trinajstić information content (AvgIpc) is 2.72. The number of hydrogen-bond acceptors (Lipinski definition) is 3. The zero-order valence-electron chi connectivity index (χ0n) is 10.1. The van der Waals surface area contributed by atoms with Crippen LogP contribution in [-0.4, -0.2) is 11.0 Å². The van der Waals surface area contributed by atoms with Crippen LogP contribution in [0.5, 0.6) is 5.75 Å². The van der Waals surface area contributed by atoms with Gasteiger partial charge in [0.1, 0.15) is 5.75 Å². The van der Waals surface area contributed by atoms with E-state index in [-0.39, 0.29) is 11.7 Å². The molecule has 18 heavy (non-hydrogen) atoms. The van der Waals surface area contributed by atoms with Gasteiger partial charge in [0.05, 0.1) is 13.0 Å². The molecule has 0 atom stereocenters. The Labute approximate surface area is 110 Å². The summed E-state index contributed by atoms with van der Waals surface area (Å²) in [4.78, 5) is 12.9. The molecule has 0 spiro atoms. The lowest BCUT2D eigenvalue weighted by Crippen LogP contribution is -2.24. The number of carbonyl (C=O) groups is 1. The number of aromatic hydroxyl groups is 1. The molecule has 1 heterocycles. The number of carbonyl (C=O) groups excluding carboxylic acids is 1. The van der Waals surface area contributed by atoms with Crippen molar-refractivity contribution in [1.29, 1.82) is 0 Å². The summed E-state index contributed by atoms with van der Waals surface area (Å²) in [5.74, 6) is 0.155. The van der Waals surface area contributed by atoms with Gasteiger partial charge in [-0.25, -0.2) is 0 Å². The second-order valence-electron chi connectivity index (χ2n) is 4.15. The third-order valence-electron chi connectivity index (χ3n) is 2.69. The lowest BCUT2D eigenvalue weighted by Gasteiger charge is -2.05. The molecule has 0 unspecified atom stereocenters. The van der Waals surface area contributed by atoms with Crippen molar-refractivity contribution in [3.05, 3.63) is 51.7 Å². The van der Waals surface area contributed by atoms with Crippen molar-refractivity contribution >= 4 is 17.2 Å². The Morgan fingerprint density at radius 3 is 2.89 bits per heavy atom. The van der Waals surface area contributed by atoms with Gasteiger partial charge in [-0.15, -0.1) is 11.3 Å². The van der Waals surface area contributed by atoms with Crippen molar-refractivity contribution in [2.45, 2.75) is 19.9 Å². The molecule has 0 aliphatic carbocycles. The van der Waals surface area contributed by atoms with Crippen LogP contribution in [0, 0.1) is 6.92 Å². The number of phenols is 1. The minimum absolute atomic E-state index is 0.0339. The summed E-state index contributed by atoms with van der Waals surface area (Å²) in [6.45, 7) is 2.61. The molecule has 1 aromatic heterocycles. The molecule has 1 amide bonds. The highest BCUT2D eigenvalue weighted by Crippen LogP contribution is 2.15. The first-order valence-corrected chi connectivity index (χ1v) is 6.60. The molecule has 0 saturated carbocycles. The number of aryl methyl sites for hydroxylation is 1. The van der Waals surface area contributed by atoms with Crippen LogP contribution in [0.25, 0.3) is 0 Å². The SMILES string of the molecule is Cc1ccsc1CNC(=O)Cc1cccc(O)c1. The molecule has 2 rings (SSSR count). The number of rotatable bonds is 4. The number of amides is 1. The predicted molar refractivity (Wildman–Crippen MR) is 72.7 cm³/mol. The fourth-order valence-electron chi connectivity index (χ4n) is 1.68. The molecule has 0 bridgehead atoms. The largest absolute Gasteiger partial charge is 0.508 e. The van der Waals surface area contributed by atoms with Crippen molar-refractivity contribution in [3.8, 4) is 5.75 Å². The van der Waals surface area contributed by atoms with Crippen LogP contribution >= 0.6 is 11.3 Å². The lowest BCUT2D eigenvalue weighted by atomic mass is 10.1. The van der Waals surface area contributed by atoms with Crippen LogP contribution in [-0.2, 0) is 17.8 Å². The molecule has 2 N–H and O–H groups in total. The van der Waals surface area contributed by atoms with Crippen LogP contribution in [0.3, 0.4) is 0 Å². The Balaban J connectivity index is 1.88. The maximum atomic E-state index is 11.7. The predicted octanol–water partition coefficient (Wildman–Crippen LogP) is 2.62. The van der Waals surface area contributed by atoms with Gasteiger partial charge in [-0.1, -0.05) is 12.1 Å². The quantitative estimate of drug-likeness (QED) is 0.889. The monoisotopic (exact) mass is 261 g/mol. The summed E-state index contributed by atoms with van der Waals surface area (Å²) in [6, 6.07) is 8.81. The van der Waals surface area contributed by atoms with Crippen LogP contribution in [0.2, 0.25) is 0 Å². The molecule has 0 fully saturated rings. The van der Waals surface area contributed by atoms with E-state index < -0.39 is 0 Å². The van der Waals surface area contributed by atoms with Crippen molar-refractivity contribution < 1.29 is 9.90 Å². The second-order valence-corrected chi connectivity index (χ2v) is 5.15. The van der Waals surface area contributed by atoms with Gasteiger partial charge in [0, 0.05) is 4.88 Å². The average molecular weight is 261 g/mol. The van der Waals surface area contributed by atoms with E-state index in [9.17, 15) is 9.90 Å². The molecule has 1 aromatic carbocycles. The standard InChI is InChI=1S/C14H15NO2S/c1-10-5-6-18-13(10)9-15-14(17)8-11-3-2-4-12(16)7-11/h2-7,16H,8-9H2,1H3,(H,15,17). The zero-order chi connectivity index (χ0) is 13.0. The van der Waals surface area contributed by atoms with Gasteiger partial charge in [0.25, 0.3) is 0 Å². The molecular weight excluding hydrogens is 246 g/mol. The van der Waals surface area contributed by atoms with Gasteiger partial charge < -0.3 is 10.4 Å². The van der Waals surface area contributed by atoms with E-state index in [1.807, 2.05) is 24.4 Å². The molecule has 3 nitrogen and oxygen atoms in total. The molecule has 94 valence electrons. The van der Waals surface area contributed by atoms with Crippen LogP contribution in [0.1, 0.15) is 16.0 Å². The number of benzene rings is 1. The summed E-state index contributed by atoms with van der Waals surface area (Å²) in [5, 5.41) is 14.2. The molecule has 0 aliphatic heterocycles. The Morgan fingerprint density at radius 1 is 1.39 bits per heavy atom. The molecule has 2 aromatic rings. The van der Waals surface area contributed by atoms with Crippen LogP contribution < -0.4 is 5.32 Å². The van der Waals surface area contributed by atoms with E-state index in [4.69, 9.17) is 0 Å². The minimum Gasteiger partial charge on any atom is -0.508 e. The Morgan fingerprint density at radius 2 is 2.22 bits per heavy atom. The van der Waals surface area contributed by atoms with Gasteiger partial charge >= 0.3 is 0 Å². The number of thiophene rings is 1. The molecule has 0 aliphatic rings. The Kier molecular flexibility index (Phi) is 3.99. The highest BCUT2D eigenvalue weighted by Gasteiger charge is 2.05. The van der Waals surface area contributed by atoms with Gasteiger partial charge in [-0.05, 0) is 41.6 Å². The van der Waals surface area contributed by atoms with E-state index >= 15 is 0 Å². The Hall–Kier alpha value is -1.81. The van der Waals surface area contributed by atoms with Crippen LogP contribution in [0.15, 0.2) is 35.7 Å².